The van der Waals surface area contributed by atoms with Crippen molar-refractivity contribution in [3.63, 3.8) is 0 Å². The van der Waals surface area contributed by atoms with Gasteiger partial charge in [-0.25, -0.2) is 0 Å². The van der Waals surface area contributed by atoms with Gasteiger partial charge in [-0.15, -0.1) is 0 Å². The second kappa shape index (κ2) is 7.99. The van der Waals surface area contributed by atoms with Crippen molar-refractivity contribution in [2.45, 2.75) is 115 Å². The normalized spacial score (nSPS) is 41.6. The van der Waals surface area contributed by atoms with Crippen molar-refractivity contribution >= 4 is 5.78 Å². The predicted molar refractivity (Wildman–Crippen MR) is 125 cm³/mol. The number of rotatable bonds is 5. The molecule has 0 aromatic heterocycles. The summed E-state index contributed by atoms with van der Waals surface area (Å²) in [5, 5.41) is 53.2. The van der Waals surface area contributed by atoms with Crippen LogP contribution in [0.3, 0.4) is 0 Å². The van der Waals surface area contributed by atoms with Crippen LogP contribution in [0.15, 0.2) is 22.8 Å². The minimum atomic E-state index is -1.33. The molecule has 4 aliphatic rings. The van der Waals surface area contributed by atoms with E-state index in [4.69, 9.17) is 0 Å². The number of carbonyl (C=O) groups excluding carboxylic acids is 1. The van der Waals surface area contributed by atoms with Crippen LogP contribution in [0, 0.1) is 22.7 Å². The largest absolute Gasteiger partial charge is 0.390 e. The van der Waals surface area contributed by atoms with E-state index in [1.807, 2.05) is 0 Å². The Morgan fingerprint density at radius 3 is 2.42 bits per heavy atom. The number of carbonyl (C=O) groups is 1. The van der Waals surface area contributed by atoms with Crippen molar-refractivity contribution in [3.05, 3.63) is 22.8 Å². The second-order valence-corrected chi connectivity index (χ2v) is 12.6. The van der Waals surface area contributed by atoms with Gasteiger partial charge in [0, 0.05) is 23.7 Å². The Kier molecular flexibility index (Phi) is 6.07. The summed E-state index contributed by atoms with van der Waals surface area (Å²) in [6.45, 7) is 9.34. The van der Waals surface area contributed by atoms with Crippen LogP contribution in [-0.4, -0.2) is 60.8 Å². The lowest BCUT2D eigenvalue weighted by atomic mass is 9.50. The van der Waals surface area contributed by atoms with Crippen molar-refractivity contribution < 1.29 is 30.3 Å². The topological polar surface area (TPSA) is 118 Å². The lowest BCUT2D eigenvalue weighted by Gasteiger charge is -2.54. The monoisotopic (exact) mass is 462 g/mol. The number of Topliss-reactive ketones (excluding diaryl/α,β-unsaturated/α-hetero) is 1. The zero-order chi connectivity index (χ0) is 24.6. The van der Waals surface area contributed by atoms with Crippen molar-refractivity contribution in [2.75, 3.05) is 0 Å². The highest BCUT2D eigenvalue weighted by atomic mass is 16.3. The summed E-state index contributed by atoms with van der Waals surface area (Å²) in [6.07, 6.45) is 3.51. The van der Waals surface area contributed by atoms with Crippen molar-refractivity contribution in [3.8, 4) is 0 Å². The maximum absolute atomic E-state index is 13.2. The Bertz CT molecular complexity index is 880. The van der Waals surface area contributed by atoms with Gasteiger partial charge in [-0.05, 0) is 82.3 Å². The number of ketones is 1. The van der Waals surface area contributed by atoms with E-state index in [0.29, 0.717) is 38.5 Å². The van der Waals surface area contributed by atoms with Gasteiger partial charge in [0.05, 0.1) is 29.5 Å². The molecule has 0 saturated heterocycles. The zero-order valence-electron chi connectivity index (χ0n) is 20.8. The number of allylic oxidation sites excluding steroid dienone is 4. The molecule has 4 aliphatic carbocycles. The smallest absolute Gasteiger partial charge is 0.141 e. The van der Waals surface area contributed by atoms with E-state index in [0.717, 1.165) is 24.0 Å². The maximum atomic E-state index is 13.2. The van der Waals surface area contributed by atoms with Gasteiger partial charge < -0.3 is 25.5 Å². The molecule has 6 nitrogen and oxygen atoms in total. The van der Waals surface area contributed by atoms with Gasteiger partial charge >= 0.3 is 0 Å². The molecule has 6 heteroatoms. The Balaban J connectivity index is 1.64. The van der Waals surface area contributed by atoms with Gasteiger partial charge in [-0.3, -0.25) is 4.79 Å². The third-order valence-electron chi connectivity index (χ3n) is 9.69. The highest BCUT2D eigenvalue weighted by Crippen LogP contribution is 2.64. The van der Waals surface area contributed by atoms with Gasteiger partial charge in [0.1, 0.15) is 5.78 Å². The van der Waals surface area contributed by atoms with E-state index < -0.39 is 34.9 Å². The molecule has 0 amide bonds. The molecule has 0 aromatic carbocycles. The van der Waals surface area contributed by atoms with Crippen LogP contribution in [0.2, 0.25) is 0 Å². The van der Waals surface area contributed by atoms with Crippen LogP contribution in [0.4, 0.5) is 0 Å². The summed E-state index contributed by atoms with van der Waals surface area (Å²) in [6, 6.07) is 0. The molecule has 0 aliphatic heterocycles. The standard InChI is InChI=1S/C27H42O6/c1-24(2,32)10-9-23(31)27(5,33)22-7-6-16-15-12-19(28)18-13-20(29)21(30)14-26(18,4)17(15)8-11-25(16,22)3/h6,18,20-23,29-33H,7-14H2,1-5H3/t18-,20+,21-,22-,23+,25-,26+,27?/m0/s1. The van der Waals surface area contributed by atoms with Gasteiger partial charge in [-0.2, -0.15) is 0 Å². The van der Waals surface area contributed by atoms with Gasteiger partial charge in [0.25, 0.3) is 0 Å². The molecule has 33 heavy (non-hydrogen) atoms. The van der Waals surface area contributed by atoms with E-state index >= 15 is 0 Å². The molecule has 4 rings (SSSR count). The molecule has 8 atom stereocenters. The number of hydrogen-bond acceptors (Lipinski definition) is 6. The van der Waals surface area contributed by atoms with Crippen LogP contribution in [0.5, 0.6) is 0 Å². The van der Waals surface area contributed by atoms with Crippen molar-refractivity contribution in [1.29, 1.82) is 0 Å². The number of fused-ring (bicyclic) bond motifs is 4. The number of aliphatic hydroxyl groups is 5. The van der Waals surface area contributed by atoms with Crippen LogP contribution < -0.4 is 0 Å². The molecule has 1 fully saturated rings. The first kappa shape index (κ1) is 25.1. The zero-order valence-corrected chi connectivity index (χ0v) is 20.8. The molecule has 0 heterocycles. The Morgan fingerprint density at radius 1 is 1.12 bits per heavy atom. The molecule has 186 valence electrons. The van der Waals surface area contributed by atoms with Crippen LogP contribution in [-0.2, 0) is 4.79 Å². The third kappa shape index (κ3) is 3.96. The fourth-order valence-electron chi connectivity index (χ4n) is 7.61. The fraction of sp³-hybridized carbons (Fsp3) is 0.815. The van der Waals surface area contributed by atoms with E-state index in [2.05, 4.69) is 19.9 Å². The lowest BCUT2D eigenvalue weighted by Crippen LogP contribution is -2.54. The van der Waals surface area contributed by atoms with E-state index in [9.17, 15) is 30.3 Å². The highest BCUT2D eigenvalue weighted by Gasteiger charge is 2.59. The quantitative estimate of drug-likeness (QED) is 0.429. The molecule has 0 aromatic rings. The average molecular weight is 463 g/mol. The first-order chi connectivity index (χ1) is 15.1. The predicted octanol–water partition coefficient (Wildman–Crippen LogP) is 2.80. The minimum absolute atomic E-state index is 0.132. The van der Waals surface area contributed by atoms with Crippen LogP contribution in [0.25, 0.3) is 0 Å². The van der Waals surface area contributed by atoms with E-state index in [1.165, 1.54) is 5.57 Å². The summed E-state index contributed by atoms with van der Waals surface area (Å²) < 4.78 is 0. The molecule has 5 N–H and O–H groups in total. The second-order valence-electron chi connectivity index (χ2n) is 12.6. The van der Waals surface area contributed by atoms with Gasteiger partial charge in [0.2, 0.25) is 0 Å². The molecule has 0 radical (unpaired) electrons. The highest BCUT2D eigenvalue weighted by molar-refractivity contribution is 5.88. The van der Waals surface area contributed by atoms with E-state index in [-0.39, 0.29) is 23.0 Å². The fourth-order valence-corrected chi connectivity index (χ4v) is 7.61. The molecular weight excluding hydrogens is 420 g/mol. The Hall–Kier alpha value is -1.05. The lowest BCUT2D eigenvalue weighted by molar-refractivity contribution is -0.138. The SMILES string of the molecule is CC(C)(O)CC[C@@H](O)C(C)(O)[C@H]1CC=C2C3=C(CC[C@@]21C)[C@@]1(C)C[C@H](O)[C@H](O)C[C@H]1C(=O)C3. The van der Waals surface area contributed by atoms with Gasteiger partial charge in [-0.1, -0.05) is 25.5 Å². The number of aliphatic hydroxyl groups excluding tert-OH is 3. The van der Waals surface area contributed by atoms with Crippen LogP contribution >= 0.6 is 0 Å². The third-order valence-corrected chi connectivity index (χ3v) is 9.69. The summed E-state index contributed by atoms with van der Waals surface area (Å²) in [7, 11) is 0. The average Bonchev–Trinajstić information content (AvgIpc) is 3.06. The van der Waals surface area contributed by atoms with Crippen molar-refractivity contribution in [1.82, 2.24) is 0 Å². The molecule has 0 spiro atoms. The molecular formula is C27H42O6. The molecule has 1 unspecified atom stereocenters. The molecule has 0 bridgehead atoms. The maximum Gasteiger partial charge on any atom is 0.141 e. The van der Waals surface area contributed by atoms with Crippen LogP contribution in [0.1, 0.15) is 86.0 Å². The Labute approximate surface area is 197 Å². The summed E-state index contributed by atoms with van der Waals surface area (Å²) >= 11 is 0. The molecule has 1 saturated carbocycles. The Morgan fingerprint density at radius 2 is 1.79 bits per heavy atom. The summed E-state index contributed by atoms with van der Waals surface area (Å²) in [5.74, 6) is -0.318. The first-order valence-corrected chi connectivity index (χ1v) is 12.6. The summed E-state index contributed by atoms with van der Waals surface area (Å²) in [4.78, 5) is 13.2. The number of hydrogen-bond donors (Lipinski definition) is 5. The van der Waals surface area contributed by atoms with Crippen molar-refractivity contribution in [2.24, 2.45) is 22.7 Å². The van der Waals surface area contributed by atoms with E-state index in [1.54, 1.807) is 20.8 Å². The summed E-state index contributed by atoms with van der Waals surface area (Å²) in [5.41, 5.74) is 0.401. The van der Waals surface area contributed by atoms with Gasteiger partial charge in [0.15, 0.2) is 0 Å². The first-order valence-electron chi connectivity index (χ1n) is 12.6. The minimum Gasteiger partial charge on any atom is -0.390 e.